The monoisotopic (exact) mass is 1590 g/mol. The molecule has 606 valence electrons. The molecule has 0 aromatic heterocycles. The van der Waals surface area contributed by atoms with E-state index in [1.807, 2.05) is 0 Å². The molecule has 2 bridgehead atoms. The number of hydrogen-bond acceptors (Lipinski definition) is 22. The van der Waals surface area contributed by atoms with E-state index in [0.717, 1.165) is 31.4 Å². The largest absolute Gasteiger partial charge is 0.508 e. The highest BCUT2D eigenvalue weighted by atomic mass is 33.1. The van der Waals surface area contributed by atoms with E-state index in [9.17, 15) is 82.8 Å². The molecule has 0 unspecified atom stereocenters. The second-order valence-corrected chi connectivity index (χ2v) is 30.1. The minimum absolute atomic E-state index is 0.00769. The van der Waals surface area contributed by atoms with E-state index in [-0.39, 0.29) is 108 Å². The van der Waals surface area contributed by atoms with Crippen LogP contribution in [-0.4, -0.2) is 271 Å². The maximum Gasteiger partial charge on any atom is 0.305 e. The van der Waals surface area contributed by atoms with E-state index in [0.29, 0.717) is 5.56 Å². The van der Waals surface area contributed by atoms with Gasteiger partial charge in [-0.15, -0.1) is 0 Å². The first-order valence-electron chi connectivity index (χ1n) is 36.5. The smallest absolute Gasteiger partial charge is 0.305 e. The Morgan fingerprint density at radius 3 is 1.57 bits per heavy atom. The van der Waals surface area contributed by atoms with Crippen LogP contribution in [0, 0.1) is 5.92 Å². The standard InChI is InChI=1S/C70H98N18O21S2/c1-3-36(2)56-66(106)84-48-35-111-110-34-47(83-58(98)40(13-7-25-74-70(72)73)76-53(92)32-75-57(97)44(31-55(95)96)80-64(104)49-14-8-26-86(49)68(108)45(81-63(48)103)30-37-11-5-4-6-12-37)62(102)77-41(21-23-52(71)91)59(99)79-43(29-38-17-19-39(90)20-18-38)60(100)82-46(33-89)61(101)78-42(22-24-54(93)94)67(107)88-28-10-16-51(88)69(109)87-27-9-15-50(87)65(105)85-56/h4-6,11-12,17-20,36,40-51,56,89-90H,3,7-10,13-16,21-35H2,1-2H3,(H2,71,91)(H,75,97)(H,76,92)(H,77,102)(H,78,101)(H,79,99)(H,80,104)(H,81,103)(H,82,100)(H,83,98)(H,84,106)(H,85,105)(H,93,94)(H,95,96)(H4,72,73,74)/t36-,40-,41-,42-,43-,44-,45-,46-,47-,48-,49-,50-,51-,56-/m0/s1. The zero-order valence-electron chi connectivity index (χ0n) is 61.3. The van der Waals surface area contributed by atoms with Crippen molar-refractivity contribution < 1.29 is 102 Å². The Hall–Kier alpha value is -10.8. The summed E-state index contributed by atoms with van der Waals surface area (Å²) in [5.74, 6) is -20.8. The van der Waals surface area contributed by atoms with Crippen molar-refractivity contribution in [3.63, 3.8) is 0 Å². The number of carbonyl (C=O) groups is 17. The Morgan fingerprint density at radius 1 is 0.505 bits per heavy atom. The van der Waals surface area contributed by atoms with Crippen LogP contribution >= 0.6 is 21.6 Å². The number of nitrogens with two attached hydrogens (primary N) is 3. The average molecular weight is 1590 g/mol. The zero-order valence-corrected chi connectivity index (χ0v) is 62.9. The van der Waals surface area contributed by atoms with Crippen LogP contribution in [0.5, 0.6) is 5.75 Å². The van der Waals surface area contributed by atoms with Crippen molar-refractivity contribution in [3.05, 3.63) is 65.7 Å². The molecule has 0 radical (unpaired) electrons. The van der Waals surface area contributed by atoms with Crippen molar-refractivity contribution >= 4 is 128 Å². The lowest BCUT2D eigenvalue weighted by Crippen LogP contribution is -2.62. The van der Waals surface area contributed by atoms with E-state index < -0.39 is 248 Å². The minimum atomic E-state index is -1.97. The normalized spacial score (nSPS) is 26.9. The fourth-order valence-electron chi connectivity index (χ4n) is 13.3. The van der Waals surface area contributed by atoms with Gasteiger partial charge in [0.1, 0.15) is 84.3 Å². The van der Waals surface area contributed by atoms with Crippen LogP contribution in [-0.2, 0) is 94.3 Å². The molecule has 5 saturated heterocycles. The first kappa shape index (κ1) is 87.4. The SMILES string of the molecule is CC[C@H](C)[C@@H]1NC(=O)[C@@H]2CCCN2C(=O)[C@@H]2CCCN2C(=O)[C@H](CCC(=O)O)NC(=O)[C@H](CO)NC(=O)[C@H](Cc2ccc(O)cc2)NC(=O)[C@H](CCC(N)=O)NC(=O)[C@@H]2CSSC[C@H](NC1=O)C(=O)N[C@@H](Cc1ccccc1)C(=O)N1CCC[C@H]1C(=O)N[C@@H](CC(=O)O)C(=O)NCC(=O)N[C@@H](CCCN=C(N)N)C(=O)N2. The Labute approximate surface area is 645 Å². The highest BCUT2D eigenvalue weighted by Gasteiger charge is 2.47. The number of aliphatic carboxylic acids is 2. The molecule has 5 heterocycles. The van der Waals surface area contributed by atoms with E-state index in [1.165, 1.54) is 29.2 Å². The maximum atomic E-state index is 15.4. The first-order chi connectivity index (χ1) is 52.8. The number of rotatable bonds is 19. The fourth-order valence-corrected chi connectivity index (χ4v) is 15.6. The number of amides is 15. The van der Waals surface area contributed by atoms with E-state index in [1.54, 1.807) is 44.2 Å². The van der Waals surface area contributed by atoms with E-state index >= 15 is 19.2 Å². The van der Waals surface area contributed by atoms with Crippen molar-refractivity contribution in [3.8, 4) is 5.75 Å². The minimum Gasteiger partial charge on any atom is -0.508 e. The summed E-state index contributed by atoms with van der Waals surface area (Å²) in [5, 5.41) is 68.4. The molecule has 0 spiro atoms. The molecule has 111 heavy (non-hydrogen) atoms. The Morgan fingerprint density at radius 2 is 0.982 bits per heavy atom. The summed E-state index contributed by atoms with van der Waals surface area (Å²) in [6, 6.07) is -7.87. The number of phenols is 1. The number of hydrogen-bond donors (Lipinski definition) is 18. The number of nitrogens with zero attached hydrogens (tertiary/aromatic N) is 4. The summed E-state index contributed by atoms with van der Waals surface area (Å²) < 4.78 is 0. The predicted molar refractivity (Wildman–Crippen MR) is 397 cm³/mol. The number of carbonyl (C=O) groups excluding carboxylic acids is 15. The molecule has 21 N–H and O–H groups in total. The number of aliphatic imine (C=N–C) groups is 1. The number of carboxylic acid groups (broad SMARTS) is 2. The van der Waals surface area contributed by atoms with Gasteiger partial charge in [-0.25, -0.2) is 0 Å². The van der Waals surface area contributed by atoms with Gasteiger partial charge in [-0.1, -0.05) is 84.3 Å². The van der Waals surface area contributed by atoms with Gasteiger partial charge in [-0.2, -0.15) is 0 Å². The van der Waals surface area contributed by atoms with Gasteiger partial charge in [-0.05, 0) is 93.4 Å². The van der Waals surface area contributed by atoms with E-state index in [4.69, 9.17) is 17.2 Å². The van der Waals surface area contributed by atoms with E-state index in [2.05, 4.69) is 63.5 Å². The number of benzene rings is 2. The first-order valence-corrected chi connectivity index (χ1v) is 39.0. The van der Waals surface area contributed by atoms with Crippen LogP contribution in [0.2, 0.25) is 0 Å². The number of guanidine groups is 1. The highest BCUT2D eigenvalue weighted by molar-refractivity contribution is 8.76. The molecule has 5 aliphatic rings. The molecule has 2 aromatic carbocycles. The Bertz CT molecular complexity index is 3780. The maximum absolute atomic E-state index is 15.4. The summed E-state index contributed by atoms with van der Waals surface area (Å²) in [6.45, 7) is 0.881. The van der Waals surface area contributed by atoms with Crippen molar-refractivity contribution in [2.45, 2.75) is 195 Å². The third-order valence-corrected chi connectivity index (χ3v) is 21.9. The molecule has 39 nitrogen and oxygen atoms in total. The molecule has 2 aromatic rings. The summed E-state index contributed by atoms with van der Waals surface area (Å²) in [5.41, 5.74) is 17.5. The lowest BCUT2D eigenvalue weighted by Gasteiger charge is -2.34. The number of phenolic OH excluding ortho intramolecular Hbond substituents is 1. The average Bonchev–Trinajstić information content (AvgIpc) is 1.68. The third-order valence-electron chi connectivity index (χ3n) is 19.4. The molecule has 0 aliphatic carbocycles. The summed E-state index contributed by atoms with van der Waals surface area (Å²) in [4.78, 5) is 251. The summed E-state index contributed by atoms with van der Waals surface area (Å²) in [7, 11) is 1.61. The molecule has 41 heteroatoms. The van der Waals surface area contributed by atoms with Crippen molar-refractivity contribution in [1.82, 2.24) is 73.2 Å². The lowest BCUT2D eigenvalue weighted by molar-refractivity contribution is -0.148. The Balaban J connectivity index is 1.37. The number of nitrogens with one attached hydrogen (secondary N) is 11. The van der Waals surface area contributed by atoms with Crippen molar-refractivity contribution in [1.29, 1.82) is 0 Å². The van der Waals surface area contributed by atoms with Gasteiger partial charge in [0.2, 0.25) is 88.6 Å². The second-order valence-electron chi connectivity index (χ2n) is 27.6. The number of fused-ring (bicyclic) bond motifs is 8. The van der Waals surface area contributed by atoms with Crippen LogP contribution in [0.3, 0.4) is 0 Å². The van der Waals surface area contributed by atoms with Gasteiger partial charge in [0, 0.05) is 63.4 Å². The van der Waals surface area contributed by atoms with Gasteiger partial charge in [0.25, 0.3) is 0 Å². The number of carboxylic acids is 2. The fraction of sp³-hybridized carbons (Fsp3) is 0.571. The van der Waals surface area contributed by atoms with Gasteiger partial charge in [0.15, 0.2) is 5.96 Å². The molecule has 5 aliphatic heterocycles. The zero-order chi connectivity index (χ0) is 81.2. The molecule has 5 fully saturated rings. The number of primary amides is 1. The number of aromatic hydroxyl groups is 1. The third kappa shape index (κ3) is 25.9. The molecule has 15 amide bonds. The van der Waals surface area contributed by atoms with Crippen LogP contribution in [0.15, 0.2) is 59.6 Å². The number of aliphatic hydroxyl groups is 1. The van der Waals surface area contributed by atoms with Gasteiger partial charge in [0.05, 0.1) is 19.6 Å². The highest BCUT2D eigenvalue weighted by Crippen LogP contribution is 2.29. The topological polar surface area (TPSA) is 604 Å². The second kappa shape index (κ2) is 42.4. The molecule has 0 saturated carbocycles. The van der Waals surface area contributed by atoms with Crippen LogP contribution in [0.1, 0.15) is 115 Å². The van der Waals surface area contributed by atoms with Gasteiger partial charge in [-0.3, -0.25) is 86.5 Å². The Kier molecular flexibility index (Phi) is 33.4. The van der Waals surface area contributed by atoms with Crippen LogP contribution in [0.25, 0.3) is 0 Å². The predicted octanol–water partition coefficient (Wildman–Crippen LogP) is -5.78. The molecule has 7 rings (SSSR count). The summed E-state index contributed by atoms with van der Waals surface area (Å²) in [6.07, 6.45) is -3.64. The molecule has 14 atom stereocenters. The lowest BCUT2D eigenvalue weighted by atomic mass is 9.97. The van der Waals surface area contributed by atoms with Gasteiger partial charge >= 0.3 is 11.9 Å². The van der Waals surface area contributed by atoms with Crippen molar-refractivity contribution in [2.75, 3.05) is 50.8 Å². The van der Waals surface area contributed by atoms with Crippen LogP contribution in [0.4, 0.5) is 0 Å². The quantitative estimate of drug-likeness (QED) is 0.0270. The summed E-state index contributed by atoms with van der Waals surface area (Å²) >= 11 is 0. The molecular weight excluding hydrogens is 1490 g/mol. The molecular formula is C70H98N18O21S2. The van der Waals surface area contributed by atoms with Crippen molar-refractivity contribution in [2.24, 2.45) is 28.1 Å². The van der Waals surface area contributed by atoms with Crippen LogP contribution < -0.4 is 75.7 Å². The van der Waals surface area contributed by atoms with Gasteiger partial charge < -0.3 is 111 Å². The number of aliphatic hydroxyl groups excluding tert-OH is 1.